The molecule has 0 aliphatic rings. The lowest BCUT2D eigenvalue weighted by molar-refractivity contribution is 0.0683. The van der Waals surface area contributed by atoms with Gasteiger partial charge < -0.3 is 5.11 Å². The topological polar surface area (TPSA) is 80.9 Å². The number of carboxylic acid groups (broad SMARTS) is 1. The van der Waals surface area contributed by atoms with Crippen molar-refractivity contribution in [3.63, 3.8) is 0 Å². The van der Waals surface area contributed by atoms with Crippen LogP contribution in [-0.2, 0) is 0 Å². The first-order chi connectivity index (χ1) is 7.18. The van der Waals surface area contributed by atoms with Crippen LogP contribution in [0.25, 0.3) is 5.69 Å². The van der Waals surface area contributed by atoms with Crippen molar-refractivity contribution in [2.45, 2.75) is 6.92 Å². The van der Waals surface area contributed by atoms with Gasteiger partial charge >= 0.3 is 5.97 Å². The van der Waals surface area contributed by atoms with Crippen LogP contribution in [0.1, 0.15) is 16.4 Å². The Morgan fingerprint density at radius 3 is 2.87 bits per heavy atom. The van der Waals surface area contributed by atoms with Gasteiger partial charge in [0.15, 0.2) is 0 Å². The van der Waals surface area contributed by atoms with E-state index in [4.69, 9.17) is 5.11 Å². The lowest BCUT2D eigenvalue weighted by atomic mass is 10.4. The van der Waals surface area contributed by atoms with Crippen LogP contribution in [0.3, 0.4) is 0 Å². The van der Waals surface area contributed by atoms with Gasteiger partial charge in [-0.3, -0.25) is 4.98 Å². The Morgan fingerprint density at radius 1 is 1.53 bits per heavy atom. The van der Waals surface area contributed by atoms with Crippen LogP contribution in [0.4, 0.5) is 0 Å². The molecule has 1 N–H and O–H groups in total. The molecule has 0 fully saturated rings. The molecule has 2 heterocycles. The van der Waals surface area contributed by atoms with Crippen molar-refractivity contribution in [3.8, 4) is 5.69 Å². The molecular formula is C9H8N4O2. The van der Waals surface area contributed by atoms with Gasteiger partial charge in [-0.1, -0.05) is 0 Å². The zero-order valence-corrected chi connectivity index (χ0v) is 7.95. The number of carbonyl (C=O) groups is 1. The van der Waals surface area contributed by atoms with E-state index < -0.39 is 5.97 Å². The summed E-state index contributed by atoms with van der Waals surface area (Å²) < 4.78 is 1.44. The maximum absolute atomic E-state index is 10.6. The number of hydrogen-bond acceptors (Lipinski definition) is 4. The van der Waals surface area contributed by atoms with Crippen molar-refractivity contribution >= 4 is 5.97 Å². The van der Waals surface area contributed by atoms with Gasteiger partial charge in [-0.25, -0.2) is 14.5 Å². The second kappa shape index (κ2) is 3.49. The highest BCUT2D eigenvalue weighted by Crippen LogP contribution is 2.07. The second-order valence-corrected chi connectivity index (χ2v) is 2.91. The van der Waals surface area contributed by atoms with Gasteiger partial charge in [-0.2, -0.15) is 0 Å². The molecule has 0 saturated heterocycles. The fourth-order valence-electron chi connectivity index (χ4n) is 1.20. The molecule has 0 radical (unpaired) electrons. The molecule has 6 heteroatoms. The molecule has 0 amide bonds. The molecule has 2 aromatic rings. The van der Waals surface area contributed by atoms with Gasteiger partial charge in [0.25, 0.3) is 5.82 Å². The smallest absolute Gasteiger partial charge is 0.375 e. The van der Waals surface area contributed by atoms with Crippen molar-refractivity contribution in [2.75, 3.05) is 0 Å². The third-order valence-electron chi connectivity index (χ3n) is 1.85. The zero-order valence-electron chi connectivity index (χ0n) is 7.95. The van der Waals surface area contributed by atoms with Crippen molar-refractivity contribution in [1.82, 2.24) is 19.7 Å². The summed E-state index contributed by atoms with van der Waals surface area (Å²) in [7, 11) is 0. The Labute approximate surface area is 85.2 Å². The van der Waals surface area contributed by atoms with Crippen molar-refractivity contribution in [2.24, 2.45) is 0 Å². The van der Waals surface area contributed by atoms with Gasteiger partial charge in [-0.15, -0.1) is 5.10 Å². The molecule has 6 nitrogen and oxygen atoms in total. The Morgan fingerprint density at radius 2 is 2.33 bits per heavy atom. The van der Waals surface area contributed by atoms with Crippen molar-refractivity contribution in [3.05, 3.63) is 36.2 Å². The molecule has 15 heavy (non-hydrogen) atoms. The van der Waals surface area contributed by atoms with Crippen LogP contribution in [-0.4, -0.2) is 30.8 Å². The van der Waals surface area contributed by atoms with Gasteiger partial charge in [0.05, 0.1) is 11.9 Å². The Bertz CT molecular complexity index is 492. The molecule has 2 rings (SSSR count). The summed E-state index contributed by atoms with van der Waals surface area (Å²) in [6.07, 6.45) is 3.22. The summed E-state index contributed by atoms with van der Waals surface area (Å²) in [5.74, 6) is -0.836. The van der Waals surface area contributed by atoms with Crippen LogP contribution in [0.5, 0.6) is 0 Å². The standard InChI is InChI=1S/C9H8N4O2/c1-6-11-8(9(14)15)12-13(6)7-3-2-4-10-5-7/h2-5H,1H3,(H,14,15). The molecule has 2 aromatic heterocycles. The lowest BCUT2D eigenvalue weighted by Gasteiger charge is -1.99. The van der Waals surface area contributed by atoms with Gasteiger partial charge in [0, 0.05) is 6.20 Å². The van der Waals surface area contributed by atoms with Crippen LogP contribution in [0.2, 0.25) is 0 Å². The first-order valence-electron chi connectivity index (χ1n) is 4.26. The lowest BCUT2D eigenvalue weighted by Crippen LogP contribution is -2.02. The third kappa shape index (κ3) is 1.69. The molecule has 0 saturated carbocycles. The molecular weight excluding hydrogens is 196 g/mol. The van der Waals surface area contributed by atoms with Gasteiger partial charge in [0.1, 0.15) is 5.82 Å². The van der Waals surface area contributed by atoms with Crippen molar-refractivity contribution < 1.29 is 9.90 Å². The van der Waals surface area contributed by atoms with Crippen LogP contribution in [0.15, 0.2) is 24.5 Å². The molecule has 76 valence electrons. The van der Waals surface area contributed by atoms with E-state index in [1.807, 2.05) is 0 Å². The molecule has 0 spiro atoms. The highest BCUT2D eigenvalue weighted by atomic mass is 16.4. The Hall–Kier alpha value is -2.24. The second-order valence-electron chi connectivity index (χ2n) is 2.91. The zero-order chi connectivity index (χ0) is 10.8. The molecule has 0 atom stereocenters. The van der Waals surface area contributed by atoms with E-state index >= 15 is 0 Å². The first-order valence-corrected chi connectivity index (χ1v) is 4.26. The summed E-state index contributed by atoms with van der Waals surface area (Å²) in [5, 5.41) is 12.6. The number of pyridine rings is 1. The monoisotopic (exact) mass is 204 g/mol. The number of carboxylic acids is 1. The predicted octanol–water partition coefficient (Wildman–Crippen LogP) is 0.669. The van der Waals surface area contributed by atoms with E-state index in [0.29, 0.717) is 11.5 Å². The Kier molecular flexibility index (Phi) is 2.17. The third-order valence-corrected chi connectivity index (χ3v) is 1.85. The van der Waals surface area contributed by atoms with E-state index in [9.17, 15) is 4.79 Å². The largest absolute Gasteiger partial charge is 0.475 e. The fourth-order valence-corrected chi connectivity index (χ4v) is 1.20. The molecule has 0 bridgehead atoms. The SMILES string of the molecule is Cc1nc(C(=O)O)nn1-c1cccnc1. The minimum absolute atomic E-state index is 0.212. The van der Waals surface area contributed by atoms with E-state index in [1.165, 1.54) is 4.68 Å². The molecule has 0 aliphatic heterocycles. The summed E-state index contributed by atoms with van der Waals surface area (Å²) in [6.45, 7) is 1.69. The van der Waals surface area contributed by atoms with Crippen LogP contribution >= 0.6 is 0 Å². The quantitative estimate of drug-likeness (QED) is 0.777. The number of aromatic nitrogens is 4. The average molecular weight is 204 g/mol. The van der Waals surface area contributed by atoms with E-state index in [0.717, 1.165) is 0 Å². The maximum Gasteiger partial charge on any atom is 0.375 e. The van der Waals surface area contributed by atoms with Crippen LogP contribution in [0, 0.1) is 6.92 Å². The summed E-state index contributed by atoms with van der Waals surface area (Å²) in [4.78, 5) is 18.4. The molecule has 0 aliphatic carbocycles. The predicted molar refractivity (Wildman–Crippen MR) is 50.9 cm³/mol. The number of nitrogens with zero attached hydrogens (tertiary/aromatic N) is 4. The van der Waals surface area contributed by atoms with Crippen molar-refractivity contribution in [1.29, 1.82) is 0 Å². The summed E-state index contributed by atoms with van der Waals surface area (Å²) >= 11 is 0. The number of hydrogen-bond donors (Lipinski definition) is 1. The van der Waals surface area contributed by atoms with Gasteiger partial charge in [-0.05, 0) is 19.1 Å². The minimum atomic E-state index is -1.14. The number of aryl methyl sites for hydroxylation is 1. The van der Waals surface area contributed by atoms with E-state index in [1.54, 1.807) is 31.5 Å². The van der Waals surface area contributed by atoms with Crippen LogP contribution < -0.4 is 0 Å². The number of aromatic carboxylic acids is 1. The summed E-state index contributed by atoms with van der Waals surface area (Å²) in [5.41, 5.74) is 0.690. The average Bonchev–Trinajstić information content (AvgIpc) is 2.62. The highest BCUT2D eigenvalue weighted by molar-refractivity contribution is 5.83. The van der Waals surface area contributed by atoms with E-state index in [2.05, 4.69) is 15.1 Å². The molecule has 0 aromatic carbocycles. The van der Waals surface area contributed by atoms with E-state index in [-0.39, 0.29) is 5.82 Å². The molecule has 0 unspecified atom stereocenters. The first kappa shape index (κ1) is 9.32. The number of rotatable bonds is 2. The minimum Gasteiger partial charge on any atom is -0.475 e. The maximum atomic E-state index is 10.6. The van der Waals surface area contributed by atoms with Gasteiger partial charge in [0.2, 0.25) is 0 Å². The normalized spacial score (nSPS) is 10.2. The fraction of sp³-hybridized carbons (Fsp3) is 0.111. The summed E-state index contributed by atoms with van der Waals surface area (Å²) in [6, 6.07) is 3.53. The highest BCUT2D eigenvalue weighted by Gasteiger charge is 2.13. The Balaban J connectivity index is 2.50.